The third-order valence-electron chi connectivity index (χ3n) is 4.77. The topological polar surface area (TPSA) is 34.1 Å². The zero-order valence-corrected chi connectivity index (χ0v) is 19.8. The number of anilines is 1. The van der Waals surface area contributed by atoms with Gasteiger partial charge in [0, 0.05) is 39.3 Å². The van der Waals surface area contributed by atoms with Crippen LogP contribution >= 0.6 is 35.3 Å². The molecule has 1 aromatic rings. The highest BCUT2D eigenvalue weighted by molar-refractivity contribution is 14.0. The van der Waals surface area contributed by atoms with Gasteiger partial charge >= 0.3 is 0 Å². The van der Waals surface area contributed by atoms with Crippen molar-refractivity contribution in [3.63, 3.8) is 0 Å². The van der Waals surface area contributed by atoms with Crippen LogP contribution in [0.5, 0.6) is 0 Å². The van der Waals surface area contributed by atoms with E-state index in [2.05, 4.69) is 58.3 Å². The van der Waals surface area contributed by atoms with E-state index >= 15 is 0 Å². The third-order valence-corrected chi connectivity index (χ3v) is 5.70. The maximum atomic E-state index is 4.87. The Balaban J connectivity index is 0.00000338. The average Bonchev–Trinajstić information content (AvgIpc) is 3.19. The Bertz CT molecular complexity index is 482. The van der Waals surface area contributed by atoms with Crippen molar-refractivity contribution in [2.75, 3.05) is 63.8 Å². The molecule has 7 heteroatoms. The molecule has 0 aromatic carbocycles. The number of guanidine groups is 1. The van der Waals surface area contributed by atoms with Gasteiger partial charge in [0.15, 0.2) is 5.96 Å². The molecule has 5 nitrogen and oxygen atoms in total. The van der Waals surface area contributed by atoms with Gasteiger partial charge in [-0.15, -0.1) is 35.3 Å². The summed E-state index contributed by atoms with van der Waals surface area (Å²) in [5.74, 6) is 1.09. The number of thiophene rings is 1. The minimum atomic E-state index is 0. The molecule has 1 saturated heterocycles. The molecular formula is C19H36IN5S. The van der Waals surface area contributed by atoms with Crippen LogP contribution in [0.3, 0.4) is 0 Å². The number of hydrogen-bond acceptors (Lipinski definition) is 4. The summed E-state index contributed by atoms with van der Waals surface area (Å²) in [5.41, 5.74) is 0. The fraction of sp³-hybridized carbons (Fsp3) is 0.737. The van der Waals surface area contributed by atoms with Gasteiger partial charge in [-0.2, -0.15) is 0 Å². The van der Waals surface area contributed by atoms with Gasteiger partial charge in [0.1, 0.15) is 0 Å². The lowest BCUT2D eigenvalue weighted by atomic mass is 10.3. The lowest BCUT2D eigenvalue weighted by Gasteiger charge is -2.37. The molecule has 1 aliphatic rings. The van der Waals surface area contributed by atoms with E-state index in [4.69, 9.17) is 4.99 Å². The van der Waals surface area contributed by atoms with Crippen molar-refractivity contribution in [3.05, 3.63) is 17.5 Å². The molecule has 0 aliphatic carbocycles. The van der Waals surface area contributed by atoms with Crippen molar-refractivity contribution in [2.24, 2.45) is 4.99 Å². The van der Waals surface area contributed by atoms with Crippen molar-refractivity contribution in [1.82, 2.24) is 15.1 Å². The van der Waals surface area contributed by atoms with Crippen LogP contribution in [0.25, 0.3) is 0 Å². The number of piperazine rings is 1. The Morgan fingerprint density at radius 1 is 1.15 bits per heavy atom. The van der Waals surface area contributed by atoms with Crippen molar-refractivity contribution >= 4 is 46.3 Å². The molecule has 0 unspecified atom stereocenters. The molecule has 150 valence electrons. The van der Waals surface area contributed by atoms with Crippen LogP contribution in [-0.4, -0.2) is 74.7 Å². The van der Waals surface area contributed by atoms with Crippen molar-refractivity contribution < 1.29 is 0 Å². The minimum Gasteiger partial charge on any atom is -0.360 e. The van der Waals surface area contributed by atoms with E-state index < -0.39 is 0 Å². The maximum absolute atomic E-state index is 4.87. The molecule has 1 N–H and O–H groups in total. The van der Waals surface area contributed by atoms with E-state index in [0.717, 1.165) is 58.3 Å². The van der Waals surface area contributed by atoms with Gasteiger partial charge in [0.2, 0.25) is 0 Å². The van der Waals surface area contributed by atoms with E-state index in [1.807, 2.05) is 11.3 Å². The van der Waals surface area contributed by atoms with Crippen molar-refractivity contribution in [3.8, 4) is 0 Å². The van der Waals surface area contributed by atoms with Gasteiger partial charge in [-0.1, -0.05) is 13.8 Å². The van der Waals surface area contributed by atoms with Crippen LogP contribution in [0.15, 0.2) is 22.5 Å². The molecule has 0 spiro atoms. The summed E-state index contributed by atoms with van der Waals surface area (Å²) in [6.45, 7) is 16.2. The fourth-order valence-electron chi connectivity index (χ4n) is 3.19. The summed E-state index contributed by atoms with van der Waals surface area (Å²) in [6.07, 6.45) is 2.40. The second-order valence-electron chi connectivity index (χ2n) is 6.40. The number of hydrogen-bond donors (Lipinski definition) is 1. The third kappa shape index (κ3) is 7.60. The van der Waals surface area contributed by atoms with Gasteiger partial charge < -0.3 is 20.0 Å². The Morgan fingerprint density at radius 3 is 2.46 bits per heavy atom. The molecule has 0 atom stereocenters. The lowest BCUT2D eigenvalue weighted by Crippen LogP contribution is -2.52. The van der Waals surface area contributed by atoms with Crippen molar-refractivity contribution in [1.29, 1.82) is 0 Å². The highest BCUT2D eigenvalue weighted by atomic mass is 127. The number of nitrogens with zero attached hydrogens (tertiary/aromatic N) is 4. The summed E-state index contributed by atoms with van der Waals surface area (Å²) in [5, 5.41) is 7.02. The van der Waals surface area contributed by atoms with Crippen LogP contribution < -0.4 is 10.2 Å². The summed E-state index contributed by atoms with van der Waals surface area (Å²) in [7, 11) is 0. The molecule has 1 aliphatic heterocycles. The van der Waals surface area contributed by atoms with E-state index in [1.54, 1.807) is 0 Å². The van der Waals surface area contributed by atoms with E-state index in [9.17, 15) is 0 Å². The SMILES string of the molecule is CCNC(=NCCCCN(CC)CC)N1CCN(c2cccs2)CC1.I. The Morgan fingerprint density at radius 2 is 1.88 bits per heavy atom. The molecule has 2 rings (SSSR count). The molecule has 0 bridgehead atoms. The Kier molecular flexibility index (Phi) is 12.3. The predicted octanol–water partition coefficient (Wildman–Crippen LogP) is 3.58. The van der Waals surface area contributed by atoms with E-state index in [1.165, 1.54) is 24.4 Å². The number of halogens is 1. The first-order valence-electron chi connectivity index (χ1n) is 9.82. The number of unbranched alkanes of at least 4 members (excludes halogenated alkanes) is 1. The quantitative estimate of drug-likeness (QED) is 0.247. The van der Waals surface area contributed by atoms with E-state index in [0.29, 0.717) is 0 Å². The standard InChI is InChI=1S/C19H35N5S.HI/c1-4-20-19(21-11-7-8-12-22(5-2)6-3)24-15-13-23(14-16-24)18-10-9-17-25-18;/h9-10,17H,4-8,11-16H2,1-3H3,(H,20,21);1H. The van der Waals surface area contributed by atoms with Gasteiger partial charge in [-0.05, 0) is 56.9 Å². The maximum Gasteiger partial charge on any atom is 0.194 e. The predicted molar refractivity (Wildman–Crippen MR) is 127 cm³/mol. The Labute approximate surface area is 180 Å². The monoisotopic (exact) mass is 493 g/mol. The van der Waals surface area contributed by atoms with Crippen LogP contribution in [0.1, 0.15) is 33.6 Å². The molecule has 1 aromatic heterocycles. The molecule has 0 amide bonds. The minimum absolute atomic E-state index is 0. The van der Waals surface area contributed by atoms with Gasteiger partial charge in [-0.3, -0.25) is 4.99 Å². The zero-order valence-electron chi connectivity index (χ0n) is 16.6. The average molecular weight is 494 g/mol. The molecule has 1 fully saturated rings. The van der Waals surface area contributed by atoms with Crippen LogP contribution in [-0.2, 0) is 0 Å². The van der Waals surface area contributed by atoms with Gasteiger partial charge in [0.05, 0.1) is 5.00 Å². The number of nitrogens with one attached hydrogen (secondary N) is 1. The summed E-state index contributed by atoms with van der Waals surface area (Å²) >= 11 is 1.83. The van der Waals surface area contributed by atoms with Crippen LogP contribution in [0, 0.1) is 0 Å². The van der Waals surface area contributed by atoms with Gasteiger partial charge in [-0.25, -0.2) is 0 Å². The fourth-order valence-corrected chi connectivity index (χ4v) is 3.97. The smallest absolute Gasteiger partial charge is 0.194 e. The molecule has 2 heterocycles. The highest BCUT2D eigenvalue weighted by Crippen LogP contribution is 2.22. The zero-order chi connectivity index (χ0) is 17.9. The van der Waals surface area contributed by atoms with Crippen LogP contribution in [0.4, 0.5) is 5.00 Å². The first kappa shape index (κ1) is 23.5. The molecule has 26 heavy (non-hydrogen) atoms. The second kappa shape index (κ2) is 13.6. The summed E-state index contributed by atoms with van der Waals surface area (Å²) < 4.78 is 0. The molecular weight excluding hydrogens is 457 g/mol. The van der Waals surface area contributed by atoms with Gasteiger partial charge in [0.25, 0.3) is 0 Å². The van der Waals surface area contributed by atoms with Crippen molar-refractivity contribution in [2.45, 2.75) is 33.6 Å². The first-order valence-corrected chi connectivity index (χ1v) is 10.7. The largest absolute Gasteiger partial charge is 0.360 e. The van der Waals surface area contributed by atoms with Crippen LogP contribution in [0.2, 0.25) is 0 Å². The van der Waals surface area contributed by atoms with E-state index in [-0.39, 0.29) is 24.0 Å². The lowest BCUT2D eigenvalue weighted by molar-refractivity contribution is 0.297. The molecule has 0 saturated carbocycles. The molecule has 0 radical (unpaired) electrons. The number of aliphatic imine (C=N–C) groups is 1. The first-order chi connectivity index (χ1) is 12.3. The number of rotatable bonds is 9. The second-order valence-corrected chi connectivity index (χ2v) is 7.32. The highest BCUT2D eigenvalue weighted by Gasteiger charge is 2.20. The summed E-state index contributed by atoms with van der Waals surface area (Å²) in [4.78, 5) is 12.3. The summed E-state index contributed by atoms with van der Waals surface area (Å²) in [6, 6.07) is 4.35. The normalized spacial score (nSPS) is 15.3. The Hall–Kier alpha value is -0.540.